The molecule has 0 radical (unpaired) electrons. The number of nitrogens with zero attached hydrogens (tertiary/aromatic N) is 1. The summed E-state index contributed by atoms with van der Waals surface area (Å²) >= 11 is 1.43. The zero-order valence-electron chi connectivity index (χ0n) is 14.5. The van der Waals surface area contributed by atoms with Crippen LogP contribution < -0.4 is 5.32 Å². The summed E-state index contributed by atoms with van der Waals surface area (Å²) in [4.78, 5) is 16.9. The highest BCUT2D eigenvalue weighted by Gasteiger charge is 2.16. The molecule has 2 aromatic heterocycles. The predicted octanol–water partition coefficient (Wildman–Crippen LogP) is 5.20. The fraction of sp³-hybridized carbons (Fsp3) is 0.263. The Balaban J connectivity index is 1.85. The number of thiazole rings is 1. The molecule has 0 aliphatic carbocycles. The van der Waals surface area contributed by atoms with Gasteiger partial charge >= 0.3 is 0 Å². The van der Waals surface area contributed by atoms with Gasteiger partial charge in [0.25, 0.3) is 5.91 Å². The smallest absolute Gasteiger partial charge is 0.260 e. The number of anilines is 1. The second-order valence-corrected chi connectivity index (χ2v) is 6.93. The minimum atomic E-state index is -0.193. The Morgan fingerprint density at radius 2 is 1.75 bits per heavy atom. The first-order chi connectivity index (χ1) is 11.3. The number of carbonyl (C=O) groups is 1. The largest absolute Gasteiger partial charge is 0.466 e. The lowest BCUT2D eigenvalue weighted by Gasteiger charge is -2.07. The van der Waals surface area contributed by atoms with E-state index in [9.17, 15) is 4.79 Å². The molecular formula is C19H20N2O2S. The number of hydrogen-bond acceptors (Lipinski definition) is 4. The molecule has 3 aromatic rings. The summed E-state index contributed by atoms with van der Waals surface area (Å²) in [5.41, 5.74) is 6.22. The fourth-order valence-electron chi connectivity index (χ4n) is 2.71. The number of aryl methyl sites for hydroxylation is 5. The molecule has 0 saturated heterocycles. The van der Waals surface area contributed by atoms with Crippen molar-refractivity contribution < 1.29 is 9.21 Å². The quantitative estimate of drug-likeness (QED) is 0.713. The van der Waals surface area contributed by atoms with E-state index >= 15 is 0 Å². The second-order valence-electron chi connectivity index (χ2n) is 6.07. The van der Waals surface area contributed by atoms with Crippen LogP contribution in [-0.4, -0.2) is 10.9 Å². The van der Waals surface area contributed by atoms with Crippen LogP contribution in [0.2, 0.25) is 0 Å². The minimum absolute atomic E-state index is 0.193. The van der Waals surface area contributed by atoms with Crippen molar-refractivity contribution in [3.05, 3.63) is 57.4 Å². The summed E-state index contributed by atoms with van der Waals surface area (Å²) < 4.78 is 5.41. The Kier molecular flexibility index (Phi) is 4.28. The number of nitrogens with one attached hydrogen (secondary N) is 1. The molecule has 0 aliphatic heterocycles. The molecule has 0 bridgehead atoms. The van der Waals surface area contributed by atoms with Crippen LogP contribution in [0.1, 0.15) is 38.6 Å². The van der Waals surface area contributed by atoms with Crippen LogP contribution in [0, 0.1) is 34.6 Å². The van der Waals surface area contributed by atoms with E-state index in [0.29, 0.717) is 16.5 Å². The number of furan rings is 1. The highest BCUT2D eigenvalue weighted by atomic mass is 32.1. The summed E-state index contributed by atoms with van der Waals surface area (Å²) in [6.07, 6.45) is 0. The maximum atomic E-state index is 12.4. The molecule has 2 heterocycles. The topological polar surface area (TPSA) is 55.1 Å². The number of aromatic nitrogens is 1. The average Bonchev–Trinajstić information content (AvgIpc) is 3.09. The first-order valence-electron chi connectivity index (χ1n) is 7.77. The monoisotopic (exact) mass is 340 g/mol. The lowest BCUT2D eigenvalue weighted by Crippen LogP contribution is -2.11. The van der Waals surface area contributed by atoms with Gasteiger partial charge in [-0.2, -0.15) is 0 Å². The number of amides is 1. The van der Waals surface area contributed by atoms with Crippen molar-refractivity contribution >= 4 is 22.4 Å². The lowest BCUT2D eigenvalue weighted by atomic mass is 9.99. The van der Waals surface area contributed by atoms with Crippen LogP contribution in [0.4, 0.5) is 5.13 Å². The van der Waals surface area contributed by atoms with Crippen molar-refractivity contribution in [2.24, 2.45) is 0 Å². The highest BCUT2D eigenvalue weighted by Crippen LogP contribution is 2.29. The fourth-order valence-corrected chi connectivity index (χ4v) is 3.42. The van der Waals surface area contributed by atoms with Crippen LogP contribution in [0.3, 0.4) is 0 Å². The molecule has 1 amide bonds. The zero-order chi connectivity index (χ0) is 17.4. The predicted molar refractivity (Wildman–Crippen MR) is 97.9 cm³/mol. The Labute approximate surface area is 145 Å². The van der Waals surface area contributed by atoms with Gasteiger partial charge in [-0.3, -0.25) is 10.1 Å². The standard InChI is InChI=1S/C19H20N2O2S/c1-10-6-12(3)15(7-11(10)2)17-9-24-19(20-17)21-18(22)16-8-13(4)23-14(16)5/h6-9H,1-5H3,(H,20,21,22). The third-order valence-electron chi connectivity index (χ3n) is 4.13. The third-order valence-corrected chi connectivity index (χ3v) is 4.88. The molecule has 0 saturated carbocycles. The van der Waals surface area contributed by atoms with Crippen LogP contribution in [0.15, 0.2) is 28.0 Å². The molecule has 1 N–H and O–H groups in total. The van der Waals surface area contributed by atoms with E-state index < -0.39 is 0 Å². The molecule has 1 aromatic carbocycles. The SMILES string of the molecule is Cc1cc(C(=O)Nc2nc(-c3cc(C)c(C)cc3C)cs2)c(C)o1. The van der Waals surface area contributed by atoms with Gasteiger partial charge in [0.05, 0.1) is 11.3 Å². The summed E-state index contributed by atoms with van der Waals surface area (Å²) in [5, 5.41) is 5.42. The van der Waals surface area contributed by atoms with E-state index in [1.165, 1.54) is 28.0 Å². The molecule has 4 nitrogen and oxygen atoms in total. The molecule has 0 fully saturated rings. The summed E-state index contributed by atoms with van der Waals surface area (Å²) in [6.45, 7) is 9.89. The van der Waals surface area contributed by atoms with E-state index in [0.717, 1.165) is 17.0 Å². The zero-order valence-corrected chi connectivity index (χ0v) is 15.3. The van der Waals surface area contributed by atoms with Crippen molar-refractivity contribution in [2.45, 2.75) is 34.6 Å². The molecule has 0 unspecified atom stereocenters. The number of carbonyl (C=O) groups excluding carboxylic acids is 1. The van der Waals surface area contributed by atoms with E-state index in [1.807, 2.05) is 12.3 Å². The van der Waals surface area contributed by atoms with E-state index in [-0.39, 0.29) is 5.91 Å². The first-order valence-corrected chi connectivity index (χ1v) is 8.65. The van der Waals surface area contributed by atoms with Crippen molar-refractivity contribution in [3.63, 3.8) is 0 Å². The van der Waals surface area contributed by atoms with E-state index in [4.69, 9.17) is 4.42 Å². The van der Waals surface area contributed by atoms with E-state index in [1.54, 1.807) is 13.0 Å². The molecule has 0 atom stereocenters. The molecule has 124 valence electrons. The normalized spacial score (nSPS) is 10.9. The van der Waals surface area contributed by atoms with Crippen LogP contribution in [-0.2, 0) is 0 Å². The molecule has 0 aliphatic rings. The van der Waals surface area contributed by atoms with E-state index in [2.05, 4.69) is 43.2 Å². The van der Waals surface area contributed by atoms with Crippen LogP contribution in [0.5, 0.6) is 0 Å². The summed E-state index contributed by atoms with van der Waals surface area (Å²) in [6, 6.07) is 6.06. The van der Waals surface area contributed by atoms with Crippen molar-refractivity contribution in [1.82, 2.24) is 4.98 Å². The van der Waals surface area contributed by atoms with Gasteiger partial charge in [0.2, 0.25) is 0 Å². The van der Waals surface area contributed by atoms with Gasteiger partial charge in [0, 0.05) is 10.9 Å². The van der Waals surface area contributed by atoms with Crippen LogP contribution >= 0.6 is 11.3 Å². The number of rotatable bonds is 3. The molecule has 5 heteroatoms. The second kappa shape index (κ2) is 6.24. The molecular weight excluding hydrogens is 320 g/mol. The highest BCUT2D eigenvalue weighted by molar-refractivity contribution is 7.14. The van der Waals surface area contributed by atoms with Gasteiger partial charge in [-0.15, -0.1) is 11.3 Å². The van der Waals surface area contributed by atoms with Gasteiger partial charge in [-0.25, -0.2) is 4.98 Å². The Hall–Kier alpha value is -2.40. The van der Waals surface area contributed by atoms with Gasteiger partial charge in [0.15, 0.2) is 5.13 Å². The van der Waals surface area contributed by atoms with Gasteiger partial charge in [0.1, 0.15) is 11.5 Å². The van der Waals surface area contributed by atoms with Crippen molar-refractivity contribution in [3.8, 4) is 11.3 Å². The Bertz CT molecular complexity index is 922. The summed E-state index contributed by atoms with van der Waals surface area (Å²) in [7, 11) is 0. The van der Waals surface area contributed by atoms with Gasteiger partial charge < -0.3 is 4.42 Å². The molecule has 0 spiro atoms. The summed E-state index contributed by atoms with van der Waals surface area (Å²) in [5.74, 6) is 1.15. The molecule has 24 heavy (non-hydrogen) atoms. The molecule has 3 rings (SSSR count). The number of benzene rings is 1. The van der Waals surface area contributed by atoms with Crippen molar-refractivity contribution in [2.75, 3.05) is 5.32 Å². The van der Waals surface area contributed by atoms with Gasteiger partial charge in [-0.05, 0) is 63.4 Å². The maximum Gasteiger partial charge on any atom is 0.260 e. The number of hydrogen-bond donors (Lipinski definition) is 1. The maximum absolute atomic E-state index is 12.4. The van der Waals surface area contributed by atoms with Crippen molar-refractivity contribution in [1.29, 1.82) is 0 Å². The minimum Gasteiger partial charge on any atom is -0.466 e. The lowest BCUT2D eigenvalue weighted by molar-refractivity contribution is 0.102. The van der Waals surface area contributed by atoms with Crippen LogP contribution in [0.25, 0.3) is 11.3 Å². The van der Waals surface area contributed by atoms with Gasteiger partial charge in [-0.1, -0.05) is 6.07 Å². The Morgan fingerprint density at radius 1 is 1.04 bits per heavy atom. The Morgan fingerprint density at radius 3 is 2.42 bits per heavy atom. The third kappa shape index (κ3) is 3.12. The first kappa shape index (κ1) is 16.5. The average molecular weight is 340 g/mol.